The smallest absolute Gasteiger partial charge is 0.0717 e. The lowest BCUT2D eigenvalue weighted by molar-refractivity contribution is 1.40. The summed E-state index contributed by atoms with van der Waals surface area (Å²) in [6, 6.07) is 0. The molecule has 0 saturated heterocycles. The van der Waals surface area contributed by atoms with Crippen molar-refractivity contribution in [2.24, 2.45) is 0 Å². The minimum absolute atomic E-state index is 0.0625. The number of allylic oxidation sites excluding steroid dienone is 6. The van der Waals surface area contributed by atoms with Crippen LogP contribution in [-0.4, -0.2) is 5.38 Å². The molecule has 1 aliphatic rings. The third kappa shape index (κ3) is 2.25. The average molecular weight is 161 g/mol. The lowest BCUT2D eigenvalue weighted by Crippen LogP contribution is -1.83. The summed E-state index contributed by atoms with van der Waals surface area (Å²) in [5.41, 5.74) is 0. The third-order valence-corrected chi connectivity index (χ3v) is 1.50. The maximum atomic E-state index is 5.73. The molecular formula is C7H6Cl2. The van der Waals surface area contributed by atoms with Gasteiger partial charge in [0.1, 0.15) is 0 Å². The molecule has 0 bridgehead atoms. The van der Waals surface area contributed by atoms with E-state index < -0.39 is 0 Å². The van der Waals surface area contributed by atoms with E-state index in [4.69, 9.17) is 23.2 Å². The fraction of sp³-hybridized carbons (Fsp3) is 0.143. The summed E-state index contributed by atoms with van der Waals surface area (Å²) < 4.78 is 0. The lowest BCUT2D eigenvalue weighted by atomic mass is 10.4. The van der Waals surface area contributed by atoms with E-state index in [0.29, 0.717) is 5.03 Å². The van der Waals surface area contributed by atoms with Gasteiger partial charge in [0.15, 0.2) is 0 Å². The van der Waals surface area contributed by atoms with Crippen LogP contribution in [0.25, 0.3) is 0 Å². The molecule has 2 heteroatoms. The quantitative estimate of drug-likeness (QED) is 0.479. The van der Waals surface area contributed by atoms with Gasteiger partial charge in [-0.05, 0) is 12.2 Å². The van der Waals surface area contributed by atoms with Gasteiger partial charge in [0.05, 0.1) is 5.38 Å². The molecule has 1 unspecified atom stereocenters. The highest BCUT2D eigenvalue weighted by molar-refractivity contribution is 6.32. The van der Waals surface area contributed by atoms with Crippen LogP contribution in [0.4, 0.5) is 0 Å². The summed E-state index contributed by atoms with van der Waals surface area (Å²) in [6.07, 6.45) is 9.20. The van der Waals surface area contributed by atoms with E-state index in [-0.39, 0.29) is 5.38 Å². The SMILES string of the molecule is ClC1=CC(Cl)C=CC=C1. The Labute approximate surface area is 64.5 Å². The first kappa shape index (κ1) is 6.91. The van der Waals surface area contributed by atoms with E-state index in [1.165, 1.54) is 0 Å². The average Bonchev–Trinajstić information content (AvgIpc) is 1.93. The monoisotopic (exact) mass is 160 g/mol. The maximum Gasteiger partial charge on any atom is 0.0717 e. The minimum atomic E-state index is -0.0625. The van der Waals surface area contributed by atoms with E-state index in [0.717, 1.165) is 0 Å². The molecule has 0 aromatic heterocycles. The summed E-state index contributed by atoms with van der Waals surface area (Å²) in [4.78, 5) is 0. The summed E-state index contributed by atoms with van der Waals surface area (Å²) >= 11 is 11.4. The van der Waals surface area contributed by atoms with Crippen LogP contribution in [0, 0.1) is 0 Å². The van der Waals surface area contributed by atoms with Crippen molar-refractivity contribution in [3.05, 3.63) is 35.4 Å². The zero-order chi connectivity index (χ0) is 6.69. The Morgan fingerprint density at radius 2 is 2.11 bits per heavy atom. The standard InChI is InChI=1S/C7H6Cl2/c8-6-3-1-2-4-7(9)5-6/h1-6H. The third-order valence-electron chi connectivity index (χ3n) is 0.980. The van der Waals surface area contributed by atoms with Crippen molar-refractivity contribution in [3.63, 3.8) is 0 Å². The van der Waals surface area contributed by atoms with Crippen LogP contribution >= 0.6 is 23.2 Å². The molecular weight excluding hydrogens is 155 g/mol. The second-order valence-corrected chi connectivity index (χ2v) is 2.68. The summed E-state index contributed by atoms with van der Waals surface area (Å²) in [7, 11) is 0. The van der Waals surface area contributed by atoms with Crippen LogP contribution in [0.3, 0.4) is 0 Å². The van der Waals surface area contributed by atoms with Gasteiger partial charge in [0, 0.05) is 5.03 Å². The predicted molar refractivity (Wildman–Crippen MR) is 41.9 cm³/mol. The van der Waals surface area contributed by atoms with Gasteiger partial charge in [0.25, 0.3) is 0 Å². The van der Waals surface area contributed by atoms with Gasteiger partial charge in [-0.2, -0.15) is 0 Å². The maximum absolute atomic E-state index is 5.73. The van der Waals surface area contributed by atoms with Gasteiger partial charge in [-0.15, -0.1) is 11.6 Å². The molecule has 48 valence electrons. The van der Waals surface area contributed by atoms with E-state index in [2.05, 4.69) is 0 Å². The molecule has 1 aliphatic carbocycles. The van der Waals surface area contributed by atoms with Crippen molar-refractivity contribution in [1.82, 2.24) is 0 Å². The fourth-order valence-electron chi connectivity index (χ4n) is 0.581. The molecule has 0 saturated carbocycles. The topological polar surface area (TPSA) is 0 Å². The summed E-state index contributed by atoms with van der Waals surface area (Å²) in [5.74, 6) is 0. The normalized spacial score (nSPS) is 25.6. The Hall–Kier alpha value is -0.200. The molecule has 0 N–H and O–H groups in total. The van der Waals surface area contributed by atoms with Gasteiger partial charge < -0.3 is 0 Å². The van der Waals surface area contributed by atoms with Gasteiger partial charge >= 0.3 is 0 Å². The van der Waals surface area contributed by atoms with Crippen molar-refractivity contribution in [2.45, 2.75) is 5.38 Å². The Morgan fingerprint density at radius 3 is 2.89 bits per heavy atom. The lowest BCUT2D eigenvalue weighted by Gasteiger charge is -1.90. The second kappa shape index (κ2) is 3.09. The first-order valence-electron chi connectivity index (χ1n) is 2.65. The highest BCUT2D eigenvalue weighted by Gasteiger charge is 1.96. The largest absolute Gasteiger partial charge is 0.114 e. The Bertz CT molecular complexity index is 177. The first-order valence-corrected chi connectivity index (χ1v) is 3.47. The molecule has 0 spiro atoms. The second-order valence-electron chi connectivity index (χ2n) is 1.74. The molecule has 0 aromatic carbocycles. The van der Waals surface area contributed by atoms with Crippen LogP contribution in [0.5, 0.6) is 0 Å². The molecule has 0 aliphatic heterocycles. The number of hydrogen-bond acceptors (Lipinski definition) is 0. The van der Waals surface area contributed by atoms with Crippen molar-refractivity contribution >= 4 is 23.2 Å². The van der Waals surface area contributed by atoms with Gasteiger partial charge in [0.2, 0.25) is 0 Å². The van der Waals surface area contributed by atoms with Gasteiger partial charge in [-0.3, -0.25) is 0 Å². The zero-order valence-electron chi connectivity index (χ0n) is 4.72. The van der Waals surface area contributed by atoms with Gasteiger partial charge in [-0.1, -0.05) is 29.8 Å². The number of hydrogen-bond donors (Lipinski definition) is 0. The Morgan fingerprint density at radius 1 is 1.33 bits per heavy atom. The fourth-order valence-corrected chi connectivity index (χ4v) is 1.07. The van der Waals surface area contributed by atoms with Crippen LogP contribution in [0.2, 0.25) is 0 Å². The Kier molecular flexibility index (Phi) is 2.38. The molecule has 0 fully saturated rings. The van der Waals surface area contributed by atoms with Crippen molar-refractivity contribution in [2.75, 3.05) is 0 Å². The first-order chi connectivity index (χ1) is 4.29. The predicted octanol–water partition coefficient (Wildman–Crippen LogP) is 2.84. The van der Waals surface area contributed by atoms with Gasteiger partial charge in [-0.25, -0.2) is 0 Å². The zero-order valence-corrected chi connectivity index (χ0v) is 6.23. The van der Waals surface area contributed by atoms with Crippen LogP contribution < -0.4 is 0 Å². The minimum Gasteiger partial charge on any atom is -0.114 e. The van der Waals surface area contributed by atoms with Crippen LogP contribution in [0.15, 0.2) is 35.4 Å². The molecule has 1 rings (SSSR count). The summed E-state index contributed by atoms with van der Waals surface area (Å²) in [5, 5.41) is 0.632. The molecule has 0 radical (unpaired) electrons. The highest BCUT2D eigenvalue weighted by Crippen LogP contribution is 2.12. The Balaban J connectivity index is 2.77. The molecule has 0 heterocycles. The molecule has 0 amide bonds. The number of alkyl halides is 1. The molecule has 0 nitrogen and oxygen atoms in total. The van der Waals surface area contributed by atoms with Crippen molar-refractivity contribution < 1.29 is 0 Å². The van der Waals surface area contributed by atoms with Crippen molar-refractivity contribution in [1.29, 1.82) is 0 Å². The van der Waals surface area contributed by atoms with E-state index in [9.17, 15) is 0 Å². The van der Waals surface area contributed by atoms with E-state index in [1.807, 2.05) is 18.2 Å². The molecule has 9 heavy (non-hydrogen) atoms. The molecule has 1 atom stereocenters. The van der Waals surface area contributed by atoms with Crippen LogP contribution in [0.1, 0.15) is 0 Å². The summed E-state index contributed by atoms with van der Waals surface area (Å²) in [6.45, 7) is 0. The van der Waals surface area contributed by atoms with Crippen molar-refractivity contribution in [3.8, 4) is 0 Å². The molecule has 0 aromatic rings. The van der Waals surface area contributed by atoms with E-state index >= 15 is 0 Å². The highest BCUT2D eigenvalue weighted by atomic mass is 35.5. The van der Waals surface area contributed by atoms with E-state index in [1.54, 1.807) is 12.2 Å². The van der Waals surface area contributed by atoms with Crippen LogP contribution in [-0.2, 0) is 0 Å². The number of rotatable bonds is 0. The number of halogens is 2.